The molecule has 0 unspecified atom stereocenters. The lowest BCUT2D eigenvalue weighted by Crippen LogP contribution is -2.47. The van der Waals surface area contributed by atoms with E-state index in [1.54, 1.807) is 15.8 Å². The van der Waals surface area contributed by atoms with Gasteiger partial charge in [-0.1, -0.05) is 36.4 Å². The molecule has 0 spiro atoms. The van der Waals surface area contributed by atoms with E-state index in [0.29, 0.717) is 13.2 Å². The van der Waals surface area contributed by atoms with Crippen LogP contribution in [0.1, 0.15) is 35.3 Å². The Morgan fingerprint density at radius 2 is 1.96 bits per heavy atom. The normalized spacial score (nSPS) is 13.1. The van der Waals surface area contributed by atoms with E-state index in [2.05, 4.69) is 12.0 Å². The van der Waals surface area contributed by atoms with E-state index in [4.69, 9.17) is 4.74 Å². The van der Waals surface area contributed by atoms with Gasteiger partial charge >= 0.3 is 0 Å². The molecule has 0 saturated heterocycles. The minimum atomic E-state index is -0.296. The molecule has 0 atom stereocenters. The van der Waals surface area contributed by atoms with E-state index in [1.807, 2.05) is 36.4 Å². The molecule has 3 rings (SSSR count). The Bertz CT molecular complexity index is 830. The number of allylic oxidation sites excluding steroid dienone is 1. The first-order chi connectivity index (χ1) is 12.7. The molecule has 6 nitrogen and oxygen atoms in total. The molecule has 1 N–H and O–H groups in total. The molecular formula is C20H23N3O3. The van der Waals surface area contributed by atoms with Gasteiger partial charge < -0.3 is 15.1 Å². The van der Waals surface area contributed by atoms with Crippen molar-refractivity contribution in [2.45, 2.75) is 25.9 Å². The molecule has 1 aromatic heterocycles. The van der Waals surface area contributed by atoms with Gasteiger partial charge in [-0.2, -0.15) is 0 Å². The van der Waals surface area contributed by atoms with Crippen LogP contribution < -0.4 is 15.6 Å². The second-order valence-electron chi connectivity index (χ2n) is 6.17. The molecule has 0 aliphatic carbocycles. The Morgan fingerprint density at radius 3 is 2.73 bits per heavy atom. The van der Waals surface area contributed by atoms with Crippen molar-refractivity contribution in [2.24, 2.45) is 0 Å². The quantitative estimate of drug-likeness (QED) is 0.585. The minimum absolute atomic E-state index is 0.0876. The SMILES string of the molecule is C=CCCCCN1CNn2ccc(=O)c(OCc3ccccc3)c2C1=O. The van der Waals surface area contributed by atoms with Gasteiger partial charge in [-0.3, -0.25) is 14.3 Å². The van der Waals surface area contributed by atoms with Gasteiger partial charge in [0.1, 0.15) is 13.3 Å². The second kappa shape index (κ2) is 8.38. The fourth-order valence-corrected chi connectivity index (χ4v) is 2.87. The molecule has 1 aliphatic heterocycles. The first-order valence-corrected chi connectivity index (χ1v) is 8.77. The number of fused-ring (bicyclic) bond motifs is 1. The van der Waals surface area contributed by atoms with Crippen molar-refractivity contribution in [1.29, 1.82) is 0 Å². The highest BCUT2D eigenvalue weighted by Gasteiger charge is 2.28. The molecule has 1 aromatic carbocycles. The van der Waals surface area contributed by atoms with Crippen LogP contribution in [0.2, 0.25) is 0 Å². The molecule has 6 heteroatoms. The van der Waals surface area contributed by atoms with Crippen molar-refractivity contribution in [2.75, 3.05) is 18.6 Å². The molecule has 0 bridgehead atoms. The summed E-state index contributed by atoms with van der Waals surface area (Å²) >= 11 is 0. The third kappa shape index (κ3) is 3.96. The van der Waals surface area contributed by atoms with Crippen LogP contribution in [-0.4, -0.2) is 28.7 Å². The lowest BCUT2D eigenvalue weighted by atomic mass is 10.2. The number of aromatic nitrogens is 1. The fraction of sp³-hybridized carbons (Fsp3) is 0.300. The van der Waals surface area contributed by atoms with Gasteiger partial charge in [0.2, 0.25) is 5.43 Å². The Balaban J connectivity index is 1.78. The number of rotatable bonds is 8. The van der Waals surface area contributed by atoms with E-state index in [-0.39, 0.29) is 29.4 Å². The molecule has 2 heterocycles. The van der Waals surface area contributed by atoms with E-state index >= 15 is 0 Å². The predicted octanol–water partition coefficient (Wildman–Crippen LogP) is 2.74. The number of ether oxygens (including phenoxy) is 1. The van der Waals surface area contributed by atoms with Gasteiger partial charge in [-0.15, -0.1) is 6.58 Å². The number of amides is 1. The lowest BCUT2D eigenvalue weighted by Gasteiger charge is -2.31. The highest BCUT2D eigenvalue weighted by atomic mass is 16.5. The number of nitrogens with zero attached hydrogens (tertiary/aromatic N) is 2. The number of carbonyl (C=O) groups excluding carboxylic acids is 1. The van der Waals surface area contributed by atoms with Gasteiger partial charge in [-0.05, 0) is 24.8 Å². The average molecular weight is 353 g/mol. The highest BCUT2D eigenvalue weighted by molar-refractivity contribution is 5.96. The largest absolute Gasteiger partial charge is 0.482 e. The minimum Gasteiger partial charge on any atom is -0.482 e. The van der Waals surface area contributed by atoms with Crippen molar-refractivity contribution >= 4 is 5.91 Å². The number of unbranched alkanes of at least 4 members (excludes halogenated alkanes) is 2. The monoisotopic (exact) mass is 353 g/mol. The second-order valence-corrected chi connectivity index (χ2v) is 6.17. The Labute approximate surface area is 152 Å². The van der Waals surface area contributed by atoms with E-state index in [9.17, 15) is 9.59 Å². The van der Waals surface area contributed by atoms with Crippen molar-refractivity contribution < 1.29 is 9.53 Å². The first kappa shape index (κ1) is 17.8. The molecule has 26 heavy (non-hydrogen) atoms. The third-order valence-corrected chi connectivity index (χ3v) is 4.29. The zero-order valence-corrected chi connectivity index (χ0v) is 14.7. The number of pyridine rings is 1. The zero-order chi connectivity index (χ0) is 18.4. The molecule has 2 aromatic rings. The standard InChI is InChI=1S/C20H23N3O3/c1-2-3-4-8-12-22-15-21-23-13-11-17(24)19(18(23)20(22)25)26-14-16-9-6-5-7-10-16/h2,5-7,9-11,13,21H,1,3-4,8,12,14-15H2. The van der Waals surface area contributed by atoms with Gasteiger partial charge in [0.15, 0.2) is 11.4 Å². The van der Waals surface area contributed by atoms with Crippen LogP contribution in [0.3, 0.4) is 0 Å². The molecule has 1 amide bonds. The molecule has 0 fully saturated rings. The molecular weight excluding hydrogens is 330 g/mol. The fourth-order valence-electron chi connectivity index (χ4n) is 2.87. The van der Waals surface area contributed by atoms with E-state index in [0.717, 1.165) is 24.8 Å². The van der Waals surface area contributed by atoms with E-state index < -0.39 is 0 Å². The van der Waals surface area contributed by atoms with Crippen molar-refractivity contribution in [3.63, 3.8) is 0 Å². The number of hydrogen-bond acceptors (Lipinski definition) is 4. The maximum atomic E-state index is 12.9. The van der Waals surface area contributed by atoms with Crippen LogP contribution in [0.4, 0.5) is 0 Å². The molecule has 1 aliphatic rings. The molecule has 0 saturated carbocycles. The number of benzene rings is 1. The maximum Gasteiger partial charge on any atom is 0.277 e. The van der Waals surface area contributed by atoms with Crippen LogP contribution >= 0.6 is 0 Å². The highest BCUT2D eigenvalue weighted by Crippen LogP contribution is 2.20. The summed E-state index contributed by atoms with van der Waals surface area (Å²) in [5.41, 5.74) is 4.03. The van der Waals surface area contributed by atoms with Crippen molar-refractivity contribution in [3.05, 3.63) is 76.7 Å². The van der Waals surface area contributed by atoms with Gasteiger partial charge in [0.05, 0.1) is 0 Å². The summed E-state index contributed by atoms with van der Waals surface area (Å²) in [7, 11) is 0. The molecule has 136 valence electrons. The van der Waals surface area contributed by atoms with Gasteiger partial charge in [0, 0.05) is 18.8 Å². The van der Waals surface area contributed by atoms with E-state index in [1.165, 1.54) is 6.07 Å². The average Bonchev–Trinajstić information content (AvgIpc) is 2.67. The summed E-state index contributed by atoms with van der Waals surface area (Å²) < 4.78 is 7.32. The summed E-state index contributed by atoms with van der Waals surface area (Å²) in [5.74, 6) is -0.104. The van der Waals surface area contributed by atoms with Crippen LogP contribution in [0.5, 0.6) is 5.75 Å². The summed E-state index contributed by atoms with van der Waals surface area (Å²) in [6.45, 7) is 4.97. The lowest BCUT2D eigenvalue weighted by molar-refractivity contribution is 0.0717. The summed E-state index contributed by atoms with van der Waals surface area (Å²) in [5, 5.41) is 0. The third-order valence-electron chi connectivity index (χ3n) is 4.29. The Kier molecular flexibility index (Phi) is 5.73. The van der Waals surface area contributed by atoms with Crippen molar-refractivity contribution in [3.8, 4) is 5.75 Å². The summed E-state index contributed by atoms with van der Waals surface area (Å²) in [6.07, 6.45) is 6.24. The van der Waals surface area contributed by atoms with Gasteiger partial charge in [-0.25, -0.2) is 0 Å². The molecule has 0 radical (unpaired) electrons. The predicted molar refractivity (Wildman–Crippen MR) is 101 cm³/mol. The van der Waals surface area contributed by atoms with Crippen LogP contribution in [0.15, 0.2) is 60.0 Å². The first-order valence-electron chi connectivity index (χ1n) is 8.77. The Morgan fingerprint density at radius 1 is 1.15 bits per heavy atom. The number of carbonyl (C=O) groups is 1. The summed E-state index contributed by atoms with van der Waals surface area (Å²) in [6, 6.07) is 11.0. The topological polar surface area (TPSA) is 63.6 Å². The Hall–Kier alpha value is -3.02. The number of hydrogen-bond donors (Lipinski definition) is 1. The maximum absolute atomic E-state index is 12.9. The summed E-state index contributed by atoms with van der Waals surface area (Å²) in [4.78, 5) is 26.9. The van der Waals surface area contributed by atoms with Crippen molar-refractivity contribution in [1.82, 2.24) is 9.58 Å². The van der Waals surface area contributed by atoms with Crippen LogP contribution in [0.25, 0.3) is 0 Å². The van der Waals surface area contributed by atoms with Crippen LogP contribution in [0, 0.1) is 0 Å². The van der Waals surface area contributed by atoms with Gasteiger partial charge in [0.25, 0.3) is 5.91 Å². The smallest absolute Gasteiger partial charge is 0.277 e. The van der Waals surface area contributed by atoms with Crippen LogP contribution in [-0.2, 0) is 6.61 Å². The zero-order valence-electron chi connectivity index (χ0n) is 14.7. The number of nitrogens with one attached hydrogen (secondary N) is 1.